The van der Waals surface area contributed by atoms with Crippen molar-refractivity contribution in [3.05, 3.63) is 33.8 Å². The van der Waals surface area contributed by atoms with Crippen LogP contribution in [0.2, 0.25) is 10.0 Å². The van der Waals surface area contributed by atoms with Gasteiger partial charge in [0.05, 0.1) is 16.1 Å². The fraction of sp³-hybridized carbons (Fsp3) is 0.571. The molecule has 1 aromatic carbocycles. The van der Waals surface area contributed by atoms with Crippen LogP contribution in [-0.4, -0.2) is 18.2 Å². The Kier molecular flexibility index (Phi) is 4.22. The van der Waals surface area contributed by atoms with Gasteiger partial charge >= 0.3 is 0 Å². The van der Waals surface area contributed by atoms with E-state index >= 15 is 0 Å². The lowest BCUT2D eigenvalue weighted by Gasteiger charge is -2.33. The molecule has 0 aliphatic carbocycles. The number of benzene rings is 1. The maximum Gasteiger partial charge on any atom is 0.0726 e. The second-order valence-electron chi connectivity index (χ2n) is 5.22. The summed E-state index contributed by atoms with van der Waals surface area (Å²) in [6.07, 6.45) is 1.25. The van der Waals surface area contributed by atoms with E-state index in [-0.39, 0.29) is 17.7 Å². The maximum atomic E-state index is 6.05. The molecular weight excluding hydrogens is 269 g/mol. The van der Waals surface area contributed by atoms with Crippen molar-refractivity contribution in [1.29, 1.82) is 0 Å². The Labute approximate surface area is 119 Å². The van der Waals surface area contributed by atoms with Gasteiger partial charge in [-0.15, -0.1) is 0 Å². The van der Waals surface area contributed by atoms with Gasteiger partial charge in [0, 0.05) is 18.2 Å². The van der Waals surface area contributed by atoms with E-state index in [1.165, 1.54) is 0 Å². The fourth-order valence-electron chi connectivity index (χ4n) is 2.38. The smallest absolute Gasteiger partial charge is 0.0726 e. The van der Waals surface area contributed by atoms with Crippen molar-refractivity contribution < 1.29 is 4.74 Å². The molecule has 1 fully saturated rings. The molecule has 1 aromatic rings. The van der Waals surface area contributed by atoms with Gasteiger partial charge in [0.2, 0.25) is 0 Å². The van der Waals surface area contributed by atoms with E-state index in [1.807, 2.05) is 18.2 Å². The van der Waals surface area contributed by atoms with Gasteiger partial charge in [-0.1, -0.05) is 29.3 Å². The number of hydrogen-bond acceptors (Lipinski definition) is 2. The van der Waals surface area contributed by atoms with Gasteiger partial charge in [-0.05, 0) is 44.9 Å². The van der Waals surface area contributed by atoms with Crippen molar-refractivity contribution in [2.24, 2.45) is 0 Å². The van der Waals surface area contributed by atoms with Crippen molar-refractivity contribution in [3.8, 4) is 0 Å². The summed E-state index contributed by atoms with van der Waals surface area (Å²) in [6, 6.07) is 5.99. The monoisotopic (exact) mass is 287 g/mol. The van der Waals surface area contributed by atoms with Crippen LogP contribution in [0.3, 0.4) is 0 Å². The van der Waals surface area contributed by atoms with E-state index in [0.717, 1.165) is 18.6 Å². The average Bonchev–Trinajstić information content (AvgIpc) is 2.63. The highest BCUT2D eigenvalue weighted by atomic mass is 35.5. The molecule has 0 aromatic heterocycles. The summed E-state index contributed by atoms with van der Waals surface area (Å²) < 4.78 is 5.64. The molecule has 3 atom stereocenters. The number of halogens is 2. The summed E-state index contributed by atoms with van der Waals surface area (Å²) in [5.41, 5.74) is 1.16. The van der Waals surface area contributed by atoms with Crippen LogP contribution in [0.1, 0.15) is 38.8 Å². The molecule has 4 heteroatoms. The molecule has 18 heavy (non-hydrogen) atoms. The van der Waals surface area contributed by atoms with Gasteiger partial charge in [0.15, 0.2) is 0 Å². The Bertz CT molecular complexity index is 438. The largest absolute Gasteiger partial charge is 0.377 e. The molecular formula is C14H19Cl2NO. The minimum Gasteiger partial charge on any atom is -0.377 e. The first kappa shape index (κ1) is 14.1. The molecule has 0 saturated carbocycles. The normalized spacial score (nSPS) is 29.5. The Balaban J connectivity index is 2.11. The number of ether oxygens (including phenoxy) is 1. The molecule has 100 valence electrons. The molecule has 0 radical (unpaired) electrons. The van der Waals surface area contributed by atoms with Crippen LogP contribution in [0.25, 0.3) is 0 Å². The molecule has 2 rings (SSSR count). The first-order valence-electron chi connectivity index (χ1n) is 6.26. The van der Waals surface area contributed by atoms with Gasteiger partial charge in [-0.3, -0.25) is 0 Å². The lowest BCUT2D eigenvalue weighted by atomic mass is 9.92. The van der Waals surface area contributed by atoms with Gasteiger partial charge < -0.3 is 10.1 Å². The molecule has 1 N–H and O–H groups in total. The minimum absolute atomic E-state index is 0.0194. The number of nitrogens with one attached hydrogen (secondary N) is 1. The van der Waals surface area contributed by atoms with Crippen LogP contribution in [0, 0.1) is 0 Å². The molecule has 2 nitrogen and oxygen atoms in total. The van der Waals surface area contributed by atoms with E-state index in [4.69, 9.17) is 27.9 Å². The summed E-state index contributed by atoms with van der Waals surface area (Å²) in [4.78, 5) is 0. The van der Waals surface area contributed by atoms with E-state index < -0.39 is 0 Å². The van der Waals surface area contributed by atoms with Crippen molar-refractivity contribution >= 4 is 23.2 Å². The van der Waals surface area contributed by atoms with Crippen molar-refractivity contribution in [2.75, 3.05) is 6.61 Å². The molecule has 0 amide bonds. The van der Waals surface area contributed by atoms with Crippen LogP contribution in [0.4, 0.5) is 0 Å². The van der Waals surface area contributed by atoms with Gasteiger partial charge in [-0.2, -0.15) is 0 Å². The van der Waals surface area contributed by atoms with Gasteiger partial charge in [-0.25, -0.2) is 0 Å². The second kappa shape index (κ2) is 5.38. The molecule has 1 aliphatic heterocycles. The Morgan fingerprint density at radius 2 is 2.11 bits per heavy atom. The predicted molar refractivity (Wildman–Crippen MR) is 76.4 cm³/mol. The van der Waals surface area contributed by atoms with Crippen LogP contribution in [0.5, 0.6) is 0 Å². The standard InChI is InChI=1S/C14H19Cl2NO/c1-9(11-4-5-12(15)13(16)8-11)17-14(3)6-7-18-10(14)2/h4-5,8-10,17H,6-7H2,1-3H3. The Morgan fingerprint density at radius 3 is 2.67 bits per heavy atom. The summed E-state index contributed by atoms with van der Waals surface area (Å²) >= 11 is 12.0. The van der Waals surface area contributed by atoms with Crippen LogP contribution in [0.15, 0.2) is 18.2 Å². The fourth-order valence-corrected chi connectivity index (χ4v) is 2.69. The van der Waals surface area contributed by atoms with Gasteiger partial charge in [0.25, 0.3) is 0 Å². The summed E-state index contributed by atoms with van der Waals surface area (Å²) in [6.45, 7) is 7.27. The van der Waals surface area contributed by atoms with Crippen molar-refractivity contribution in [1.82, 2.24) is 5.32 Å². The Morgan fingerprint density at radius 1 is 1.39 bits per heavy atom. The maximum absolute atomic E-state index is 6.05. The lowest BCUT2D eigenvalue weighted by molar-refractivity contribution is 0.0850. The minimum atomic E-state index is 0.0194. The highest BCUT2D eigenvalue weighted by Crippen LogP contribution is 2.30. The second-order valence-corrected chi connectivity index (χ2v) is 6.03. The van der Waals surface area contributed by atoms with Crippen LogP contribution >= 0.6 is 23.2 Å². The topological polar surface area (TPSA) is 21.3 Å². The third-order valence-corrected chi connectivity index (χ3v) is 4.62. The quantitative estimate of drug-likeness (QED) is 0.899. The predicted octanol–water partition coefficient (Wildman–Crippen LogP) is 4.21. The number of rotatable bonds is 3. The Hall–Kier alpha value is -0.280. The zero-order valence-electron chi connectivity index (χ0n) is 11.0. The van der Waals surface area contributed by atoms with Crippen LogP contribution in [-0.2, 0) is 4.74 Å². The number of hydrogen-bond donors (Lipinski definition) is 1. The van der Waals surface area contributed by atoms with E-state index in [1.54, 1.807) is 0 Å². The highest BCUT2D eigenvalue weighted by Gasteiger charge is 2.37. The molecule has 1 heterocycles. The molecule has 0 spiro atoms. The zero-order chi connectivity index (χ0) is 13.3. The summed E-state index contributed by atoms with van der Waals surface area (Å²) in [5.74, 6) is 0. The molecule has 1 saturated heterocycles. The zero-order valence-corrected chi connectivity index (χ0v) is 12.5. The SMILES string of the molecule is CC(NC1(C)CCOC1C)c1ccc(Cl)c(Cl)c1. The van der Waals surface area contributed by atoms with Crippen molar-refractivity contribution in [3.63, 3.8) is 0 Å². The molecule has 1 aliphatic rings. The first-order chi connectivity index (χ1) is 8.42. The van der Waals surface area contributed by atoms with Gasteiger partial charge in [0.1, 0.15) is 0 Å². The third-order valence-electron chi connectivity index (χ3n) is 3.88. The molecule has 0 bridgehead atoms. The van der Waals surface area contributed by atoms with E-state index in [9.17, 15) is 0 Å². The lowest BCUT2D eigenvalue weighted by Crippen LogP contribution is -2.48. The molecule has 3 unspecified atom stereocenters. The highest BCUT2D eigenvalue weighted by molar-refractivity contribution is 6.42. The summed E-state index contributed by atoms with van der Waals surface area (Å²) in [7, 11) is 0. The van der Waals surface area contributed by atoms with E-state index in [2.05, 4.69) is 26.1 Å². The van der Waals surface area contributed by atoms with Crippen LogP contribution < -0.4 is 5.32 Å². The third kappa shape index (κ3) is 2.83. The summed E-state index contributed by atoms with van der Waals surface area (Å²) in [5, 5.41) is 4.84. The van der Waals surface area contributed by atoms with Crippen molar-refractivity contribution in [2.45, 2.75) is 44.9 Å². The van der Waals surface area contributed by atoms with E-state index in [0.29, 0.717) is 10.0 Å². The average molecular weight is 288 g/mol. The first-order valence-corrected chi connectivity index (χ1v) is 7.02.